The van der Waals surface area contributed by atoms with Crippen LogP contribution in [-0.2, 0) is 4.74 Å². The number of likely N-dealkylation sites (tertiary alicyclic amines) is 2. The molecule has 1 amide bonds. The molecular formula is C23H31ClN4O2. The number of rotatable bonds is 4. The highest BCUT2D eigenvalue weighted by atomic mass is 35.5. The smallest absolute Gasteiger partial charge is 0.409 e. The summed E-state index contributed by atoms with van der Waals surface area (Å²) < 4.78 is 7.37. The lowest BCUT2D eigenvalue weighted by atomic mass is 9.99. The quantitative estimate of drug-likeness (QED) is 0.695. The molecule has 2 fully saturated rings. The highest BCUT2D eigenvalue weighted by molar-refractivity contribution is 6.30. The zero-order valence-electron chi connectivity index (χ0n) is 17.7. The molecule has 1 aromatic carbocycles. The number of hydrogen-bond acceptors (Lipinski definition) is 4. The van der Waals surface area contributed by atoms with Crippen LogP contribution in [0.4, 0.5) is 4.79 Å². The number of ether oxygens (including phenoxy) is 1. The molecule has 30 heavy (non-hydrogen) atoms. The van der Waals surface area contributed by atoms with Gasteiger partial charge in [-0.1, -0.05) is 23.7 Å². The molecule has 0 saturated carbocycles. The summed E-state index contributed by atoms with van der Waals surface area (Å²) in [7, 11) is 0. The minimum absolute atomic E-state index is 0.162. The van der Waals surface area contributed by atoms with Gasteiger partial charge in [-0.15, -0.1) is 0 Å². The van der Waals surface area contributed by atoms with E-state index in [1.165, 1.54) is 0 Å². The minimum atomic E-state index is -0.162. The Morgan fingerprint density at radius 2 is 1.77 bits per heavy atom. The van der Waals surface area contributed by atoms with Crippen molar-refractivity contribution in [3.8, 4) is 11.3 Å². The van der Waals surface area contributed by atoms with E-state index in [0.717, 1.165) is 74.6 Å². The van der Waals surface area contributed by atoms with Gasteiger partial charge < -0.3 is 14.5 Å². The Morgan fingerprint density at radius 1 is 1.03 bits per heavy atom. The van der Waals surface area contributed by atoms with Gasteiger partial charge >= 0.3 is 6.09 Å². The van der Waals surface area contributed by atoms with E-state index in [1.54, 1.807) is 0 Å². The van der Waals surface area contributed by atoms with Crippen LogP contribution in [0.3, 0.4) is 0 Å². The van der Waals surface area contributed by atoms with Gasteiger partial charge in [0.2, 0.25) is 0 Å². The average molecular weight is 431 g/mol. The highest BCUT2D eigenvalue weighted by Crippen LogP contribution is 2.31. The summed E-state index contributed by atoms with van der Waals surface area (Å²) in [6, 6.07) is 11.1. The van der Waals surface area contributed by atoms with E-state index in [-0.39, 0.29) is 6.09 Å². The Morgan fingerprint density at radius 3 is 2.50 bits per heavy atom. The van der Waals surface area contributed by atoms with Crippen molar-refractivity contribution in [1.82, 2.24) is 19.6 Å². The van der Waals surface area contributed by atoms with Gasteiger partial charge in [-0.25, -0.2) is 4.79 Å². The van der Waals surface area contributed by atoms with E-state index in [1.807, 2.05) is 30.2 Å². The van der Waals surface area contributed by atoms with Gasteiger partial charge in [-0.05, 0) is 62.8 Å². The van der Waals surface area contributed by atoms with Crippen LogP contribution in [0.1, 0.15) is 45.1 Å². The molecule has 1 aromatic heterocycles. The Balaban J connectivity index is 1.34. The standard InChI is InChI=1S/C23H31ClN4O2/c1-2-30-23(29)27-14-3-4-20(10-17-27)26-15-11-21(12-16-26)28-22(9-13-25-28)18-5-7-19(24)8-6-18/h5-9,13,20-21H,2-4,10-12,14-17H2,1H3. The zero-order chi connectivity index (χ0) is 20.9. The molecule has 0 spiro atoms. The molecule has 0 bridgehead atoms. The lowest BCUT2D eigenvalue weighted by Crippen LogP contribution is -2.42. The molecule has 0 aliphatic carbocycles. The van der Waals surface area contributed by atoms with Crippen LogP contribution < -0.4 is 0 Å². The molecule has 1 unspecified atom stereocenters. The highest BCUT2D eigenvalue weighted by Gasteiger charge is 2.29. The minimum Gasteiger partial charge on any atom is -0.450 e. The van der Waals surface area contributed by atoms with Gasteiger partial charge in [0, 0.05) is 43.4 Å². The lowest BCUT2D eigenvalue weighted by Gasteiger charge is -2.37. The second-order valence-corrected chi connectivity index (χ2v) is 8.64. The lowest BCUT2D eigenvalue weighted by molar-refractivity contribution is 0.103. The Hall–Kier alpha value is -2.05. The second-order valence-electron chi connectivity index (χ2n) is 8.21. The fourth-order valence-corrected chi connectivity index (χ4v) is 4.92. The molecule has 4 rings (SSSR count). The maximum atomic E-state index is 12.0. The zero-order valence-corrected chi connectivity index (χ0v) is 18.4. The predicted molar refractivity (Wildman–Crippen MR) is 119 cm³/mol. The number of benzene rings is 1. The molecule has 1 atom stereocenters. The van der Waals surface area contributed by atoms with Crippen LogP contribution in [0.15, 0.2) is 36.5 Å². The average Bonchev–Trinajstić information content (AvgIpc) is 3.12. The van der Waals surface area contributed by atoms with Crippen molar-refractivity contribution in [2.45, 2.75) is 51.1 Å². The number of nitrogens with zero attached hydrogens (tertiary/aromatic N) is 4. The second kappa shape index (κ2) is 9.84. The molecule has 7 heteroatoms. The number of piperidine rings is 1. The van der Waals surface area contributed by atoms with E-state index < -0.39 is 0 Å². The van der Waals surface area contributed by atoms with Crippen LogP contribution >= 0.6 is 11.6 Å². The normalized spacial score (nSPS) is 21.4. The number of carbonyl (C=O) groups is 1. The number of hydrogen-bond donors (Lipinski definition) is 0. The van der Waals surface area contributed by atoms with Crippen molar-refractivity contribution in [3.63, 3.8) is 0 Å². The van der Waals surface area contributed by atoms with Gasteiger partial charge in [0.05, 0.1) is 18.3 Å². The fraction of sp³-hybridized carbons (Fsp3) is 0.565. The summed E-state index contributed by atoms with van der Waals surface area (Å²) in [5.41, 5.74) is 2.31. The van der Waals surface area contributed by atoms with Crippen LogP contribution in [0, 0.1) is 0 Å². The molecule has 2 aromatic rings. The Bertz CT molecular complexity index is 830. The van der Waals surface area contributed by atoms with E-state index in [0.29, 0.717) is 18.7 Å². The Labute approximate surface area is 183 Å². The largest absolute Gasteiger partial charge is 0.450 e. The number of carbonyl (C=O) groups excluding carboxylic acids is 1. The van der Waals surface area contributed by atoms with Crippen molar-refractivity contribution in [2.24, 2.45) is 0 Å². The summed E-state index contributed by atoms with van der Waals surface area (Å²) in [6.45, 7) is 6.06. The predicted octanol–water partition coefficient (Wildman–Crippen LogP) is 4.85. The number of amides is 1. The summed E-state index contributed by atoms with van der Waals surface area (Å²) in [5.74, 6) is 0. The molecule has 2 saturated heterocycles. The first-order valence-electron chi connectivity index (χ1n) is 11.1. The molecule has 2 aliphatic heterocycles. The summed E-state index contributed by atoms with van der Waals surface area (Å²) >= 11 is 6.05. The molecule has 6 nitrogen and oxygen atoms in total. The molecular weight excluding hydrogens is 400 g/mol. The monoisotopic (exact) mass is 430 g/mol. The van der Waals surface area contributed by atoms with E-state index >= 15 is 0 Å². The van der Waals surface area contributed by atoms with Gasteiger partial charge in [0.25, 0.3) is 0 Å². The van der Waals surface area contributed by atoms with Crippen molar-refractivity contribution < 1.29 is 9.53 Å². The molecule has 162 valence electrons. The third kappa shape index (κ3) is 4.81. The number of aromatic nitrogens is 2. The van der Waals surface area contributed by atoms with Crippen LogP contribution in [0.5, 0.6) is 0 Å². The fourth-order valence-electron chi connectivity index (χ4n) is 4.79. The van der Waals surface area contributed by atoms with Gasteiger partial charge in [0.1, 0.15) is 0 Å². The molecule has 3 heterocycles. The molecule has 2 aliphatic rings. The van der Waals surface area contributed by atoms with Crippen molar-refractivity contribution in [2.75, 3.05) is 32.8 Å². The summed E-state index contributed by atoms with van der Waals surface area (Å²) in [6.07, 6.45) is 7.15. The van der Waals surface area contributed by atoms with Crippen molar-refractivity contribution in [3.05, 3.63) is 41.6 Å². The van der Waals surface area contributed by atoms with E-state index in [2.05, 4.69) is 32.9 Å². The van der Waals surface area contributed by atoms with Gasteiger partial charge in [0.15, 0.2) is 0 Å². The first-order chi connectivity index (χ1) is 14.7. The Kier molecular flexibility index (Phi) is 6.95. The number of halogens is 1. The first-order valence-corrected chi connectivity index (χ1v) is 11.5. The third-order valence-electron chi connectivity index (χ3n) is 6.40. The first kappa shape index (κ1) is 21.2. The van der Waals surface area contributed by atoms with Crippen molar-refractivity contribution >= 4 is 17.7 Å². The van der Waals surface area contributed by atoms with Gasteiger partial charge in [-0.3, -0.25) is 4.68 Å². The SMILES string of the molecule is CCOC(=O)N1CCCC(N2CCC(n3nccc3-c3ccc(Cl)cc3)CC2)CC1. The van der Waals surface area contributed by atoms with Crippen LogP contribution in [0.25, 0.3) is 11.3 Å². The summed E-state index contributed by atoms with van der Waals surface area (Å²) in [5, 5.41) is 5.40. The third-order valence-corrected chi connectivity index (χ3v) is 6.65. The molecule has 0 N–H and O–H groups in total. The molecule has 0 radical (unpaired) electrons. The van der Waals surface area contributed by atoms with Crippen LogP contribution in [-0.4, -0.2) is 64.5 Å². The van der Waals surface area contributed by atoms with E-state index in [9.17, 15) is 4.79 Å². The van der Waals surface area contributed by atoms with E-state index in [4.69, 9.17) is 16.3 Å². The van der Waals surface area contributed by atoms with Gasteiger partial charge in [-0.2, -0.15) is 5.10 Å². The maximum Gasteiger partial charge on any atom is 0.409 e. The van der Waals surface area contributed by atoms with Crippen molar-refractivity contribution in [1.29, 1.82) is 0 Å². The topological polar surface area (TPSA) is 50.6 Å². The van der Waals surface area contributed by atoms with Crippen LogP contribution in [0.2, 0.25) is 5.02 Å². The maximum absolute atomic E-state index is 12.0. The summed E-state index contributed by atoms with van der Waals surface area (Å²) in [4.78, 5) is 16.5.